The number of carbonyl (C=O) groups is 1. The van der Waals surface area contributed by atoms with Gasteiger partial charge in [-0.2, -0.15) is 0 Å². The number of halogens is 1. The van der Waals surface area contributed by atoms with E-state index in [2.05, 4.69) is 15.9 Å². The van der Waals surface area contributed by atoms with Gasteiger partial charge in [0.1, 0.15) is 5.75 Å². The zero-order valence-corrected chi connectivity index (χ0v) is 14.2. The maximum atomic E-state index is 12.9. The lowest BCUT2D eigenvalue weighted by Crippen LogP contribution is -2.44. The van der Waals surface area contributed by atoms with Crippen molar-refractivity contribution in [3.63, 3.8) is 0 Å². The van der Waals surface area contributed by atoms with E-state index in [-0.39, 0.29) is 11.9 Å². The molecule has 1 saturated carbocycles. The lowest BCUT2D eigenvalue weighted by atomic mass is 10.0. The molecule has 2 rings (SSSR count). The first-order valence-electron chi connectivity index (χ1n) is 7.46. The highest BCUT2D eigenvalue weighted by Crippen LogP contribution is 2.32. The van der Waals surface area contributed by atoms with Crippen molar-refractivity contribution in [1.82, 2.24) is 4.90 Å². The van der Waals surface area contributed by atoms with E-state index in [9.17, 15) is 4.79 Å². The molecule has 1 amide bonds. The van der Waals surface area contributed by atoms with Gasteiger partial charge in [-0.25, -0.2) is 0 Å². The van der Waals surface area contributed by atoms with Crippen LogP contribution in [-0.2, 0) is 0 Å². The number of ether oxygens (including phenoxy) is 1. The van der Waals surface area contributed by atoms with Gasteiger partial charge in [-0.05, 0) is 50.4 Å². The summed E-state index contributed by atoms with van der Waals surface area (Å²) in [5.41, 5.74) is 6.48. The van der Waals surface area contributed by atoms with Gasteiger partial charge in [-0.3, -0.25) is 4.79 Å². The Morgan fingerprint density at radius 1 is 1.48 bits per heavy atom. The van der Waals surface area contributed by atoms with Gasteiger partial charge in [0.25, 0.3) is 5.91 Å². The minimum atomic E-state index is 0.0344. The van der Waals surface area contributed by atoms with Gasteiger partial charge in [0.2, 0.25) is 0 Å². The number of carbonyl (C=O) groups excluding carboxylic acids is 1. The van der Waals surface area contributed by atoms with Gasteiger partial charge in [0.15, 0.2) is 0 Å². The first-order chi connectivity index (χ1) is 10.1. The molecule has 1 aliphatic carbocycles. The van der Waals surface area contributed by atoms with E-state index in [0.717, 1.165) is 23.7 Å². The maximum Gasteiger partial charge on any atom is 0.257 e. The Labute approximate surface area is 134 Å². The van der Waals surface area contributed by atoms with Crippen LogP contribution in [0.25, 0.3) is 0 Å². The molecule has 1 aromatic rings. The lowest BCUT2D eigenvalue weighted by Gasteiger charge is -2.32. The van der Waals surface area contributed by atoms with Gasteiger partial charge in [-0.15, -0.1) is 0 Å². The summed E-state index contributed by atoms with van der Waals surface area (Å²) in [6, 6.07) is 5.77. The molecule has 2 unspecified atom stereocenters. The molecular weight excluding hydrogens is 332 g/mol. The molecule has 2 N–H and O–H groups in total. The zero-order valence-electron chi connectivity index (χ0n) is 12.6. The molecule has 0 bridgehead atoms. The average Bonchev–Trinajstić information content (AvgIpc) is 2.96. The van der Waals surface area contributed by atoms with Crippen LogP contribution in [-0.4, -0.2) is 37.0 Å². The molecule has 1 aliphatic rings. The Balaban J connectivity index is 2.28. The van der Waals surface area contributed by atoms with Crippen molar-refractivity contribution < 1.29 is 9.53 Å². The van der Waals surface area contributed by atoms with Crippen LogP contribution in [0.2, 0.25) is 0 Å². The predicted octanol–water partition coefficient (Wildman–Crippen LogP) is 3.05. The van der Waals surface area contributed by atoms with E-state index in [1.165, 1.54) is 0 Å². The summed E-state index contributed by atoms with van der Waals surface area (Å²) in [6.45, 7) is 3.36. The fraction of sp³-hybridized carbons (Fsp3) is 0.562. The fourth-order valence-corrected chi connectivity index (χ4v) is 3.57. The standard InChI is InChI=1S/C16H23BrN2O2/c1-3-19(14-6-4-5-11(14)10-18)16(20)13-8-7-12(17)9-15(13)21-2/h7-9,11,14H,3-6,10,18H2,1-2H3. The number of amides is 1. The second-order valence-electron chi connectivity index (χ2n) is 5.43. The third-order valence-corrected chi connectivity index (χ3v) is 4.81. The highest BCUT2D eigenvalue weighted by Gasteiger charge is 2.34. The van der Waals surface area contributed by atoms with Crippen LogP contribution in [0.1, 0.15) is 36.5 Å². The number of nitrogens with two attached hydrogens (primary N) is 1. The topological polar surface area (TPSA) is 55.6 Å². The highest BCUT2D eigenvalue weighted by molar-refractivity contribution is 9.10. The lowest BCUT2D eigenvalue weighted by molar-refractivity contribution is 0.0648. The molecule has 0 saturated heterocycles. The SMILES string of the molecule is CCN(C(=O)c1ccc(Br)cc1OC)C1CCCC1CN. The minimum absolute atomic E-state index is 0.0344. The number of rotatable bonds is 5. The van der Waals surface area contributed by atoms with Crippen molar-refractivity contribution in [2.75, 3.05) is 20.2 Å². The second kappa shape index (κ2) is 7.27. The molecule has 0 radical (unpaired) electrons. The molecular formula is C16H23BrN2O2. The normalized spacial score (nSPS) is 21.3. The molecule has 1 aromatic carbocycles. The maximum absolute atomic E-state index is 12.9. The second-order valence-corrected chi connectivity index (χ2v) is 6.35. The number of benzene rings is 1. The summed E-state index contributed by atoms with van der Waals surface area (Å²) >= 11 is 3.41. The molecule has 0 spiro atoms. The van der Waals surface area contributed by atoms with Crippen LogP contribution in [0.5, 0.6) is 5.75 Å². The molecule has 0 aliphatic heterocycles. The van der Waals surface area contributed by atoms with Crippen molar-refractivity contribution in [3.05, 3.63) is 28.2 Å². The first-order valence-corrected chi connectivity index (χ1v) is 8.26. The average molecular weight is 355 g/mol. The van der Waals surface area contributed by atoms with Crippen molar-refractivity contribution in [3.8, 4) is 5.75 Å². The van der Waals surface area contributed by atoms with E-state index in [4.69, 9.17) is 10.5 Å². The van der Waals surface area contributed by atoms with Gasteiger partial charge in [0.05, 0.1) is 12.7 Å². The van der Waals surface area contributed by atoms with E-state index in [1.807, 2.05) is 30.0 Å². The van der Waals surface area contributed by atoms with Crippen LogP contribution in [0.3, 0.4) is 0 Å². The van der Waals surface area contributed by atoms with E-state index < -0.39 is 0 Å². The third-order valence-electron chi connectivity index (χ3n) is 4.32. The molecule has 116 valence electrons. The van der Waals surface area contributed by atoms with Gasteiger partial charge in [0, 0.05) is 17.1 Å². The summed E-state index contributed by atoms with van der Waals surface area (Å²) in [5, 5.41) is 0. The molecule has 0 heterocycles. The highest BCUT2D eigenvalue weighted by atomic mass is 79.9. The molecule has 2 atom stereocenters. The number of methoxy groups -OCH3 is 1. The minimum Gasteiger partial charge on any atom is -0.496 e. The van der Waals surface area contributed by atoms with Crippen molar-refractivity contribution in [1.29, 1.82) is 0 Å². The Hall–Kier alpha value is -1.07. The molecule has 4 nitrogen and oxygen atoms in total. The first kappa shape index (κ1) is 16.3. The van der Waals surface area contributed by atoms with Gasteiger partial charge in [-0.1, -0.05) is 22.4 Å². The molecule has 0 aromatic heterocycles. The van der Waals surface area contributed by atoms with E-state index in [1.54, 1.807) is 7.11 Å². The Morgan fingerprint density at radius 3 is 2.86 bits per heavy atom. The van der Waals surface area contributed by atoms with Crippen LogP contribution >= 0.6 is 15.9 Å². The number of hydrogen-bond acceptors (Lipinski definition) is 3. The summed E-state index contributed by atoms with van der Waals surface area (Å²) < 4.78 is 6.26. The van der Waals surface area contributed by atoms with E-state index in [0.29, 0.717) is 30.3 Å². The van der Waals surface area contributed by atoms with Crippen LogP contribution in [0, 0.1) is 5.92 Å². The largest absolute Gasteiger partial charge is 0.496 e. The van der Waals surface area contributed by atoms with Crippen LogP contribution in [0.15, 0.2) is 22.7 Å². The predicted molar refractivity (Wildman–Crippen MR) is 87.6 cm³/mol. The fourth-order valence-electron chi connectivity index (χ4n) is 3.23. The summed E-state index contributed by atoms with van der Waals surface area (Å²) in [4.78, 5) is 14.9. The van der Waals surface area contributed by atoms with Crippen molar-refractivity contribution >= 4 is 21.8 Å². The number of nitrogens with zero attached hydrogens (tertiary/aromatic N) is 1. The molecule has 21 heavy (non-hydrogen) atoms. The van der Waals surface area contributed by atoms with Crippen molar-refractivity contribution in [2.24, 2.45) is 11.7 Å². The van der Waals surface area contributed by atoms with Gasteiger partial charge >= 0.3 is 0 Å². The summed E-state index contributed by atoms with van der Waals surface area (Å²) in [7, 11) is 1.59. The van der Waals surface area contributed by atoms with E-state index >= 15 is 0 Å². The summed E-state index contributed by atoms with van der Waals surface area (Å²) in [5.74, 6) is 1.05. The monoisotopic (exact) mass is 354 g/mol. The van der Waals surface area contributed by atoms with Crippen LogP contribution < -0.4 is 10.5 Å². The zero-order chi connectivity index (χ0) is 15.4. The summed E-state index contributed by atoms with van der Waals surface area (Å²) in [6.07, 6.45) is 3.30. The van der Waals surface area contributed by atoms with Gasteiger partial charge < -0.3 is 15.4 Å². The smallest absolute Gasteiger partial charge is 0.257 e. The molecule has 5 heteroatoms. The van der Waals surface area contributed by atoms with Crippen LogP contribution in [0.4, 0.5) is 0 Å². The quantitative estimate of drug-likeness (QED) is 0.883. The van der Waals surface area contributed by atoms with Crippen molar-refractivity contribution in [2.45, 2.75) is 32.2 Å². The number of hydrogen-bond donors (Lipinski definition) is 1. The third kappa shape index (κ3) is 3.40. The Bertz CT molecular complexity index is 507. The Morgan fingerprint density at radius 2 is 2.24 bits per heavy atom. The Kier molecular flexibility index (Phi) is 5.65. The molecule has 1 fully saturated rings.